The summed E-state index contributed by atoms with van der Waals surface area (Å²) in [5, 5.41) is 1.88. The summed E-state index contributed by atoms with van der Waals surface area (Å²) in [5.41, 5.74) is 0.813. The maximum absolute atomic E-state index is 12.8. The van der Waals surface area contributed by atoms with Gasteiger partial charge in [-0.15, -0.1) is 22.9 Å². The fraction of sp³-hybridized carbons (Fsp3) is 0.692. The summed E-state index contributed by atoms with van der Waals surface area (Å²) in [7, 11) is -3.39. The highest BCUT2D eigenvalue weighted by Crippen LogP contribution is 2.33. The van der Waals surface area contributed by atoms with E-state index in [1.807, 2.05) is 19.2 Å². The average molecular weight is 322 g/mol. The molecule has 108 valence electrons. The van der Waals surface area contributed by atoms with E-state index in [9.17, 15) is 8.42 Å². The van der Waals surface area contributed by atoms with Crippen LogP contribution in [0.3, 0.4) is 0 Å². The molecule has 0 saturated heterocycles. The van der Waals surface area contributed by atoms with E-state index in [1.54, 1.807) is 4.31 Å². The molecule has 0 unspecified atom stereocenters. The molecule has 0 aliphatic heterocycles. The molecule has 1 aliphatic rings. The van der Waals surface area contributed by atoms with Crippen molar-refractivity contribution in [2.24, 2.45) is 5.92 Å². The summed E-state index contributed by atoms with van der Waals surface area (Å²) in [4.78, 5) is 1.19. The lowest BCUT2D eigenvalue weighted by atomic mass is 9.85. The predicted molar refractivity (Wildman–Crippen MR) is 80.4 cm³/mol. The quantitative estimate of drug-likeness (QED) is 0.751. The molecule has 0 N–H and O–H groups in total. The molecule has 0 amide bonds. The fourth-order valence-corrected chi connectivity index (χ4v) is 5.95. The minimum Gasteiger partial charge on any atom is -0.207 e. The van der Waals surface area contributed by atoms with Gasteiger partial charge in [0.2, 0.25) is 10.0 Å². The van der Waals surface area contributed by atoms with E-state index in [1.165, 1.54) is 17.8 Å². The first-order chi connectivity index (χ1) is 9.00. The number of hydrogen-bond acceptors (Lipinski definition) is 3. The van der Waals surface area contributed by atoms with Crippen LogP contribution in [-0.2, 0) is 15.9 Å². The molecule has 2 rings (SSSR count). The van der Waals surface area contributed by atoms with Gasteiger partial charge in [0.25, 0.3) is 0 Å². The zero-order valence-electron chi connectivity index (χ0n) is 11.4. The second kappa shape index (κ2) is 6.12. The van der Waals surface area contributed by atoms with E-state index >= 15 is 0 Å². The van der Waals surface area contributed by atoms with Gasteiger partial charge in [0.15, 0.2) is 0 Å². The third-order valence-corrected chi connectivity index (χ3v) is 7.58. The van der Waals surface area contributed by atoms with Crippen LogP contribution in [0, 0.1) is 12.8 Å². The van der Waals surface area contributed by atoms with E-state index in [0.717, 1.165) is 23.3 Å². The lowest BCUT2D eigenvalue weighted by Gasteiger charge is -2.31. The van der Waals surface area contributed by atoms with Crippen molar-refractivity contribution in [1.82, 2.24) is 4.31 Å². The SMILES string of the molecule is CCN(CC1CCC1)S(=O)(=O)c1c(C)csc1CCl. The molecule has 1 fully saturated rings. The molecule has 0 spiro atoms. The van der Waals surface area contributed by atoms with Crippen LogP contribution in [0.1, 0.15) is 36.6 Å². The molecule has 0 bridgehead atoms. The largest absolute Gasteiger partial charge is 0.244 e. The van der Waals surface area contributed by atoms with Gasteiger partial charge in [-0.2, -0.15) is 4.31 Å². The van der Waals surface area contributed by atoms with Crippen LogP contribution in [0.2, 0.25) is 0 Å². The van der Waals surface area contributed by atoms with Crippen molar-refractivity contribution in [2.75, 3.05) is 13.1 Å². The third kappa shape index (κ3) is 2.99. The number of alkyl halides is 1. The van der Waals surface area contributed by atoms with Crippen LogP contribution in [0.4, 0.5) is 0 Å². The van der Waals surface area contributed by atoms with Crippen LogP contribution in [-0.4, -0.2) is 25.8 Å². The van der Waals surface area contributed by atoms with Crippen LogP contribution in [0.15, 0.2) is 10.3 Å². The van der Waals surface area contributed by atoms with Gasteiger partial charge in [-0.3, -0.25) is 0 Å². The van der Waals surface area contributed by atoms with Gasteiger partial charge in [-0.25, -0.2) is 8.42 Å². The highest BCUT2D eigenvalue weighted by atomic mass is 35.5. The summed E-state index contributed by atoms with van der Waals surface area (Å²) < 4.78 is 27.2. The van der Waals surface area contributed by atoms with Gasteiger partial charge in [-0.1, -0.05) is 13.3 Å². The first-order valence-corrected chi connectivity index (χ1v) is 9.49. The molecule has 1 heterocycles. The summed E-state index contributed by atoms with van der Waals surface area (Å²) in [6.45, 7) is 4.92. The molecule has 1 aromatic heterocycles. The van der Waals surface area contributed by atoms with Gasteiger partial charge in [0.05, 0.1) is 5.88 Å². The number of halogens is 1. The Morgan fingerprint density at radius 1 is 1.47 bits per heavy atom. The van der Waals surface area contributed by atoms with Crippen molar-refractivity contribution < 1.29 is 8.42 Å². The zero-order valence-corrected chi connectivity index (χ0v) is 13.7. The fourth-order valence-electron chi connectivity index (χ4n) is 2.42. The molecule has 19 heavy (non-hydrogen) atoms. The Balaban J connectivity index is 2.30. The van der Waals surface area contributed by atoms with E-state index in [0.29, 0.717) is 23.9 Å². The first kappa shape index (κ1) is 15.3. The summed E-state index contributed by atoms with van der Waals surface area (Å²) in [6.07, 6.45) is 3.53. The number of thiophene rings is 1. The van der Waals surface area contributed by atoms with E-state index in [-0.39, 0.29) is 5.88 Å². The number of rotatable bonds is 6. The normalized spacial score (nSPS) is 16.8. The summed E-state index contributed by atoms with van der Waals surface area (Å²) in [5.74, 6) is 0.793. The smallest absolute Gasteiger partial charge is 0.207 e. The lowest BCUT2D eigenvalue weighted by molar-refractivity contribution is 0.250. The Hall–Kier alpha value is -0.100. The number of aryl methyl sites for hydroxylation is 1. The van der Waals surface area contributed by atoms with Crippen molar-refractivity contribution in [3.63, 3.8) is 0 Å². The second-order valence-electron chi connectivity index (χ2n) is 5.06. The number of sulfonamides is 1. The minimum atomic E-state index is -3.39. The van der Waals surface area contributed by atoms with Crippen LogP contribution in [0.25, 0.3) is 0 Å². The molecular weight excluding hydrogens is 302 g/mol. The van der Waals surface area contributed by atoms with Crippen molar-refractivity contribution in [2.45, 2.75) is 43.9 Å². The Bertz CT molecular complexity index is 535. The highest BCUT2D eigenvalue weighted by Gasteiger charge is 2.31. The maximum Gasteiger partial charge on any atom is 0.244 e. The van der Waals surface area contributed by atoms with Gasteiger partial charge in [-0.05, 0) is 36.6 Å². The zero-order chi connectivity index (χ0) is 14.0. The topological polar surface area (TPSA) is 37.4 Å². The van der Waals surface area contributed by atoms with Crippen molar-refractivity contribution in [3.8, 4) is 0 Å². The van der Waals surface area contributed by atoms with Crippen LogP contribution < -0.4 is 0 Å². The van der Waals surface area contributed by atoms with Crippen molar-refractivity contribution >= 4 is 33.0 Å². The predicted octanol–water partition coefficient (Wildman–Crippen LogP) is 3.61. The number of hydrogen-bond donors (Lipinski definition) is 0. The van der Waals surface area contributed by atoms with Crippen molar-refractivity contribution in [3.05, 3.63) is 15.8 Å². The van der Waals surface area contributed by atoms with Crippen molar-refractivity contribution in [1.29, 1.82) is 0 Å². The third-order valence-electron chi connectivity index (χ3n) is 3.75. The highest BCUT2D eigenvalue weighted by molar-refractivity contribution is 7.89. The molecule has 6 heteroatoms. The Morgan fingerprint density at radius 2 is 2.16 bits per heavy atom. The summed E-state index contributed by atoms with van der Waals surface area (Å²) >= 11 is 7.30. The standard InChI is InChI=1S/C13H20ClNO2S2/c1-3-15(8-11-5-4-6-11)19(16,17)13-10(2)9-18-12(13)7-14/h9,11H,3-8H2,1-2H3. The van der Waals surface area contributed by atoms with E-state index in [4.69, 9.17) is 11.6 Å². The number of nitrogens with zero attached hydrogens (tertiary/aromatic N) is 1. The Morgan fingerprint density at radius 3 is 2.63 bits per heavy atom. The van der Waals surface area contributed by atoms with Crippen LogP contribution in [0.5, 0.6) is 0 Å². The lowest BCUT2D eigenvalue weighted by Crippen LogP contribution is -2.37. The molecule has 0 aromatic carbocycles. The molecule has 1 saturated carbocycles. The van der Waals surface area contributed by atoms with Gasteiger partial charge in [0.1, 0.15) is 4.90 Å². The monoisotopic (exact) mass is 321 g/mol. The average Bonchev–Trinajstić information content (AvgIpc) is 2.69. The van der Waals surface area contributed by atoms with E-state index in [2.05, 4.69) is 0 Å². The van der Waals surface area contributed by atoms with Gasteiger partial charge < -0.3 is 0 Å². The molecule has 1 aliphatic carbocycles. The first-order valence-electron chi connectivity index (χ1n) is 6.63. The van der Waals surface area contributed by atoms with Gasteiger partial charge >= 0.3 is 0 Å². The van der Waals surface area contributed by atoms with Crippen LogP contribution >= 0.6 is 22.9 Å². The van der Waals surface area contributed by atoms with Gasteiger partial charge in [0, 0.05) is 18.0 Å². The maximum atomic E-state index is 12.8. The molecule has 0 radical (unpaired) electrons. The molecule has 3 nitrogen and oxygen atoms in total. The summed E-state index contributed by atoms with van der Waals surface area (Å²) in [6, 6.07) is 0. The molecule has 0 atom stereocenters. The molecular formula is C13H20ClNO2S2. The minimum absolute atomic E-state index is 0.258. The Labute approximate surface area is 124 Å². The Kier molecular flexibility index (Phi) is 4.93. The molecule has 1 aromatic rings. The second-order valence-corrected chi connectivity index (χ2v) is 8.16. The van der Waals surface area contributed by atoms with E-state index < -0.39 is 10.0 Å².